The Morgan fingerprint density at radius 1 is 1.19 bits per heavy atom. The SMILES string of the molecule is CCn1cc(-n2cc3nc(-c4cnc(OC)c(OCC(F)F)c4)cc(C)c3c2O)cn1. The zero-order chi connectivity index (χ0) is 22.1. The predicted molar refractivity (Wildman–Crippen MR) is 110 cm³/mol. The lowest BCUT2D eigenvalue weighted by Crippen LogP contribution is -2.08. The van der Waals surface area contributed by atoms with Crippen LogP contribution in [0.25, 0.3) is 27.8 Å². The zero-order valence-corrected chi connectivity index (χ0v) is 17.2. The number of aryl methyl sites for hydroxylation is 2. The van der Waals surface area contributed by atoms with E-state index in [0.29, 0.717) is 34.4 Å². The quantitative estimate of drug-likeness (QED) is 0.478. The van der Waals surface area contributed by atoms with Gasteiger partial charge < -0.3 is 14.6 Å². The molecule has 0 spiro atoms. The van der Waals surface area contributed by atoms with Crippen LogP contribution in [0.5, 0.6) is 17.5 Å². The van der Waals surface area contributed by atoms with E-state index in [0.717, 1.165) is 5.56 Å². The summed E-state index contributed by atoms with van der Waals surface area (Å²) in [6, 6.07) is 3.35. The molecule has 0 amide bonds. The lowest BCUT2D eigenvalue weighted by Gasteiger charge is -2.11. The summed E-state index contributed by atoms with van der Waals surface area (Å²) in [7, 11) is 1.39. The van der Waals surface area contributed by atoms with E-state index >= 15 is 0 Å². The third-order valence-corrected chi connectivity index (χ3v) is 4.84. The van der Waals surface area contributed by atoms with E-state index in [9.17, 15) is 13.9 Å². The summed E-state index contributed by atoms with van der Waals surface area (Å²) < 4.78 is 38.8. The van der Waals surface area contributed by atoms with Gasteiger partial charge in [0, 0.05) is 30.7 Å². The minimum atomic E-state index is -2.62. The van der Waals surface area contributed by atoms with Crippen molar-refractivity contribution in [2.45, 2.75) is 26.8 Å². The Morgan fingerprint density at radius 2 is 2.00 bits per heavy atom. The number of pyridine rings is 2. The first-order valence-corrected chi connectivity index (χ1v) is 9.61. The van der Waals surface area contributed by atoms with Crippen molar-refractivity contribution in [3.05, 3.63) is 42.5 Å². The standard InChI is InChI=1S/C21H21F2N5O3/c1-4-27-9-14(8-25-27)28-10-16-19(21(28)29)12(2)5-15(26-16)13-6-17(31-11-18(22)23)20(30-3)24-7-13/h5-10,18,29H,4,11H2,1-3H3. The van der Waals surface area contributed by atoms with Crippen molar-refractivity contribution in [1.82, 2.24) is 24.3 Å². The Bertz CT molecular complexity index is 1240. The number of alkyl halides is 2. The fourth-order valence-corrected chi connectivity index (χ4v) is 3.36. The lowest BCUT2D eigenvalue weighted by atomic mass is 10.1. The molecule has 0 aliphatic heterocycles. The van der Waals surface area contributed by atoms with Crippen LogP contribution in [0.4, 0.5) is 8.78 Å². The first-order chi connectivity index (χ1) is 14.9. The molecular formula is C21H21F2N5O3. The second kappa shape index (κ2) is 8.21. The van der Waals surface area contributed by atoms with E-state index in [2.05, 4.69) is 15.1 Å². The van der Waals surface area contributed by atoms with Gasteiger partial charge in [0.05, 0.1) is 35.6 Å². The molecular weight excluding hydrogens is 408 g/mol. The van der Waals surface area contributed by atoms with Gasteiger partial charge in [-0.2, -0.15) is 5.10 Å². The molecule has 162 valence electrons. The molecule has 0 unspecified atom stereocenters. The van der Waals surface area contributed by atoms with Crippen LogP contribution < -0.4 is 9.47 Å². The molecule has 0 aromatic carbocycles. The van der Waals surface area contributed by atoms with Gasteiger partial charge in [0.15, 0.2) is 5.75 Å². The molecule has 0 atom stereocenters. The van der Waals surface area contributed by atoms with Crippen LogP contribution >= 0.6 is 0 Å². The van der Waals surface area contributed by atoms with Gasteiger partial charge >= 0.3 is 0 Å². The van der Waals surface area contributed by atoms with Crippen LogP contribution in [-0.2, 0) is 6.54 Å². The number of ether oxygens (including phenoxy) is 2. The summed E-state index contributed by atoms with van der Waals surface area (Å²) in [4.78, 5) is 8.79. The molecule has 0 aliphatic carbocycles. The topological polar surface area (TPSA) is 87.2 Å². The number of hydrogen-bond donors (Lipinski definition) is 1. The van der Waals surface area contributed by atoms with E-state index in [1.165, 1.54) is 13.3 Å². The van der Waals surface area contributed by atoms with Crippen molar-refractivity contribution in [1.29, 1.82) is 0 Å². The van der Waals surface area contributed by atoms with E-state index in [1.54, 1.807) is 33.8 Å². The van der Waals surface area contributed by atoms with Crippen LogP contribution in [-0.4, -0.2) is 49.6 Å². The highest BCUT2D eigenvalue weighted by Gasteiger charge is 2.18. The first-order valence-electron chi connectivity index (χ1n) is 9.61. The molecule has 8 nitrogen and oxygen atoms in total. The van der Waals surface area contributed by atoms with Gasteiger partial charge in [-0.1, -0.05) is 0 Å². The number of aromatic nitrogens is 5. The molecule has 1 N–H and O–H groups in total. The van der Waals surface area contributed by atoms with Gasteiger partial charge in [0.25, 0.3) is 12.3 Å². The highest BCUT2D eigenvalue weighted by molar-refractivity contribution is 5.90. The summed E-state index contributed by atoms with van der Waals surface area (Å²) in [5.74, 6) is 0.280. The Kier molecular flexibility index (Phi) is 5.45. The molecule has 0 saturated heterocycles. The molecule has 4 heterocycles. The largest absolute Gasteiger partial charge is 0.494 e. The summed E-state index contributed by atoms with van der Waals surface area (Å²) >= 11 is 0. The minimum absolute atomic E-state index is 0.0658. The number of halogens is 2. The molecule has 0 saturated carbocycles. The van der Waals surface area contributed by atoms with Crippen molar-refractivity contribution in [2.75, 3.05) is 13.7 Å². The normalized spacial score (nSPS) is 11.4. The molecule has 4 aromatic rings. The molecule has 0 bridgehead atoms. The van der Waals surface area contributed by atoms with E-state index in [-0.39, 0.29) is 17.5 Å². The van der Waals surface area contributed by atoms with Gasteiger partial charge in [0.2, 0.25) is 5.88 Å². The van der Waals surface area contributed by atoms with E-state index in [4.69, 9.17) is 9.47 Å². The second-order valence-corrected chi connectivity index (χ2v) is 6.90. The summed E-state index contributed by atoms with van der Waals surface area (Å²) in [6.45, 7) is 3.78. The lowest BCUT2D eigenvalue weighted by molar-refractivity contribution is 0.0801. The maximum atomic E-state index is 12.6. The molecule has 0 aliphatic rings. The Hall–Kier alpha value is -3.69. The highest BCUT2D eigenvalue weighted by Crippen LogP contribution is 2.35. The third kappa shape index (κ3) is 3.88. The summed E-state index contributed by atoms with van der Waals surface area (Å²) in [5, 5.41) is 15.6. The van der Waals surface area contributed by atoms with Gasteiger partial charge in [-0.05, 0) is 31.5 Å². The van der Waals surface area contributed by atoms with Gasteiger partial charge in [-0.3, -0.25) is 9.25 Å². The van der Waals surface area contributed by atoms with Crippen LogP contribution in [0.15, 0.2) is 36.9 Å². The Labute approximate surface area is 176 Å². The average Bonchev–Trinajstić information content (AvgIpc) is 3.36. The number of fused-ring (bicyclic) bond motifs is 1. The molecule has 10 heteroatoms. The number of hydrogen-bond acceptors (Lipinski definition) is 6. The van der Waals surface area contributed by atoms with Crippen molar-refractivity contribution < 1.29 is 23.4 Å². The Morgan fingerprint density at radius 3 is 2.68 bits per heavy atom. The minimum Gasteiger partial charge on any atom is -0.494 e. The Balaban J connectivity index is 1.78. The van der Waals surface area contributed by atoms with Gasteiger partial charge in [-0.15, -0.1) is 0 Å². The van der Waals surface area contributed by atoms with E-state index < -0.39 is 13.0 Å². The van der Waals surface area contributed by atoms with Crippen molar-refractivity contribution in [2.24, 2.45) is 0 Å². The van der Waals surface area contributed by atoms with Crippen molar-refractivity contribution in [3.8, 4) is 34.5 Å². The number of methoxy groups -OCH3 is 1. The first kappa shape index (κ1) is 20.6. The molecule has 31 heavy (non-hydrogen) atoms. The fourth-order valence-electron chi connectivity index (χ4n) is 3.36. The summed E-state index contributed by atoms with van der Waals surface area (Å²) in [6.07, 6.45) is 4.13. The average molecular weight is 429 g/mol. The molecule has 4 rings (SSSR count). The van der Waals surface area contributed by atoms with Crippen LogP contribution in [0.1, 0.15) is 12.5 Å². The van der Waals surface area contributed by atoms with Gasteiger partial charge in [0.1, 0.15) is 6.61 Å². The second-order valence-electron chi connectivity index (χ2n) is 6.90. The maximum Gasteiger partial charge on any atom is 0.272 e. The zero-order valence-electron chi connectivity index (χ0n) is 17.2. The van der Waals surface area contributed by atoms with Crippen LogP contribution in [0.2, 0.25) is 0 Å². The van der Waals surface area contributed by atoms with Crippen LogP contribution in [0, 0.1) is 6.92 Å². The number of nitrogens with zero attached hydrogens (tertiary/aromatic N) is 5. The fraction of sp³-hybridized carbons (Fsp3) is 0.286. The predicted octanol–water partition coefficient (Wildman–Crippen LogP) is 3.97. The number of aromatic hydroxyl groups is 1. The smallest absolute Gasteiger partial charge is 0.272 e. The molecule has 4 aromatic heterocycles. The third-order valence-electron chi connectivity index (χ3n) is 4.84. The molecule has 0 fully saturated rings. The van der Waals surface area contributed by atoms with Crippen molar-refractivity contribution in [3.63, 3.8) is 0 Å². The number of rotatable bonds is 7. The maximum absolute atomic E-state index is 12.6. The van der Waals surface area contributed by atoms with Gasteiger partial charge in [-0.25, -0.2) is 18.7 Å². The molecule has 0 radical (unpaired) electrons. The van der Waals surface area contributed by atoms with Crippen LogP contribution in [0.3, 0.4) is 0 Å². The van der Waals surface area contributed by atoms with Crippen molar-refractivity contribution >= 4 is 10.9 Å². The highest BCUT2D eigenvalue weighted by atomic mass is 19.3. The monoisotopic (exact) mass is 429 g/mol. The van der Waals surface area contributed by atoms with E-state index in [1.807, 2.05) is 20.0 Å². The summed E-state index contributed by atoms with van der Waals surface area (Å²) in [5.41, 5.74) is 3.21.